The molecule has 0 amide bonds. The average molecular weight is 503 g/mol. The van der Waals surface area contributed by atoms with Gasteiger partial charge in [-0.1, -0.05) is 121 Å². The highest BCUT2D eigenvalue weighted by Crippen LogP contribution is 2.59. The van der Waals surface area contributed by atoms with Gasteiger partial charge in [-0.3, -0.25) is 0 Å². The maximum atomic E-state index is 11.0. The maximum Gasteiger partial charge on any atom is 0.115 e. The molecule has 0 unspecified atom stereocenters. The molecule has 0 saturated heterocycles. The van der Waals surface area contributed by atoms with Gasteiger partial charge in [0.25, 0.3) is 0 Å². The van der Waals surface area contributed by atoms with Crippen LogP contribution in [0.1, 0.15) is 22.3 Å². The molecule has 0 spiro atoms. The summed E-state index contributed by atoms with van der Waals surface area (Å²) in [5.74, 6) is 0.402. The van der Waals surface area contributed by atoms with Crippen LogP contribution in [0.2, 0.25) is 0 Å². The van der Waals surface area contributed by atoms with Crippen LogP contribution >= 0.6 is 0 Å². The Hall–Kier alpha value is -5.08. The molecule has 6 aromatic rings. The topological polar surface area (TPSA) is 40.5 Å². The van der Waals surface area contributed by atoms with Crippen molar-refractivity contribution >= 4 is 0 Å². The highest BCUT2D eigenvalue weighted by atomic mass is 16.3. The Morgan fingerprint density at radius 2 is 0.718 bits per heavy atom. The van der Waals surface area contributed by atoms with Gasteiger partial charge in [0.1, 0.15) is 11.5 Å². The van der Waals surface area contributed by atoms with Crippen molar-refractivity contribution in [2.45, 2.75) is 5.41 Å². The summed E-state index contributed by atoms with van der Waals surface area (Å²) in [6.45, 7) is 0. The van der Waals surface area contributed by atoms with E-state index in [1.807, 2.05) is 60.7 Å². The molecule has 6 aromatic carbocycles. The lowest BCUT2D eigenvalue weighted by Gasteiger charge is -2.37. The fraction of sp³-hybridized carbons (Fsp3) is 0.0270. The Kier molecular flexibility index (Phi) is 5.35. The van der Waals surface area contributed by atoms with Crippen molar-refractivity contribution in [3.8, 4) is 44.9 Å². The summed E-state index contributed by atoms with van der Waals surface area (Å²) < 4.78 is 0. The van der Waals surface area contributed by atoms with Crippen molar-refractivity contribution in [3.05, 3.63) is 168 Å². The number of phenols is 2. The van der Waals surface area contributed by atoms with Crippen molar-refractivity contribution in [1.29, 1.82) is 0 Å². The van der Waals surface area contributed by atoms with Crippen LogP contribution in [0.15, 0.2) is 146 Å². The summed E-state index contributed by atoms with van der Waals surface area (Å²) in [7, 11) is 0. The number of hydrogen-bond acceptors (Lipinski definition) is 2. The van der Waals surface area contributed by atoms with Gasteiger partial charge in [0.05, 0.1) is 5.41 Å². The molecule has 0 aromatic heterocycles. The zero-order valence-electron chi connectivity index (χ0n) is 21.3. The highest BCUT2D eigenvalue weighted by Gasteiger charge is 2.48. The first kappa shape index (κ1) is 23.1. The lowest BCUT2D eigenvalue weighted by atomic mass is 9.64. The molecule has 0 aliphatic heterocycles. The summed E-state index contributed by atoms with van der Waals surface area (Å²) in [6, 6.07) is 49.0. The second-order valence-corrected chi connectivity index (χ2v) is 10.0. The average Bonchev–Trinajstić information content (AvgIpc) is 3.29. The normalized spacial score (nSPS) is 13.0. The fourth-order valence-electron chi connectivity index (χ4n) is 6.38. The van der Waals surface area contributed by atoms with E-state index in [0.717, 1.165) is 55.6 Å². The molecule has 39 heavy (non-hydrogen) atoms. The van der Waals surface area contributed by atoms with Crippen molar-refractivity contribution < 1.29 is 10.2 Å². The zero-order chi connectivity index (χ0) is 26.4. The minimum absolute atomic E-state index is 0.201. The SMILES string of the molecule is Oc1ccc(-c2ccccc2)c(C2(c3cc(O)ccc3-c3ccccc3)c3ccccc3-c3ccccc32)c1. The molecular weight excluding hydrogens is 476 g/mol. The number of hydrogen-bond donors (Lipinski definition) is 2. The highest BCUT2D eigenvalue weighted by molar-refractivity contribution is 5.91. The molecule has 0 saturated carbocycles. The van der Waals surface area contributed by atoms with Crippen molar-refractivity contribution in [2.24, 2.45) is 0 Å². The van der Waals surface area contributed by atoms with Crippen molar-refractivity contribution in [1.82, 2.24) is 0 Å². The first-order valence-electron chi connectivity index (χ1n) is 13.1. The molecule has 2 heteroatoms. The summed E-state index contributed by atoms with van der Waals surface area (Å²) in [5, 5.41) is 22.0. The Bertz CT molecular complexity index is 1680. The van der Waals surface area contributed by atoms with Crippen LogP contribution in [-0.4, -0.2) is 10.2 Å². The van der Waals surface area contributed by atoms with E-state index in [1.54, 1.807) is 12.1 Å². The largest absolute Gasteiger partial charge is 0.508 e. The molecule has 1 aliphatic rings. The fourth-order valence-corrected chi connectivity index (χ4v) is 6.38. The van der Waals surface area contributed by atoms with Crippen LogP contribution in [0, 0.1) is 0 Å². The zero-order valence-corrected chi connectivity index (χ0v) is 21.3. The van der Waals surface area contributed by atoms with Gasteiger partial charge < -0.3 is 10.2 Å². The van der Waals surface area contributed by atoms with Crippen LogP contribution in [0.4, 0.5) is 0 Å². The monoisotopic (exact) mass is 502 g/mol. The summed E-state index contributed by atoms with van der Waals surface area (Å²) in [6.07, 6.45) is 0. The Morgan fingerprint density at radius 3 is 1.15 bits per heavy atom. The lowest BCUT2D eigenvalue weighted by Crippen LogP contribution is -2.30. The molecule has 186 valence electrons. The van der Waals surface area contributed by atoms with Crippen LogP contribution in [0.25, 0.3) is 33.4 Å². The van der Waals surface area contributed by atoms with E-state index in [1.165, 1.54) is 0 Å². The molecule has 0 radical (unpaired) electrons. The number of benzene rings is 6. The predicted octanol–water partition coefficient (Wildman–Crippen LogP) is 8.79. The molecule has 0 fully saturated rings. The van der Waals surface area contributed by atoms with Gasteiger partial charge in [-0.2, -0.15) is 0 Å². The van der Waals surface area contributed by atoms with Crippen LogP contribution < -0.4 is 0 Å². The Labute approximate surface area is 228 Å². The van der Waals surface area contributed by atoms with E-state index in [9.17, 15) is 10.2 Å². The number of fused-ring (bicyclic) bond motifs is 3. The molecule has 7 rings (SSSR count). The third kappa shape index (κ3) is 3.49. The molecular formula is C37H26O2. The number of phenolic OH excluding ortho intramolecular Hbond substituents is 2. The van der Waals surface area contributed by atoms with Gasteiger partial charge in [0.2, 0.25) is 0 Å². The molecule has 2 nitrogen and oxygen atoms in total. The number of rotatable bonds is 4. The Morgan fingerprint density at radius 1 is 0.333 bits per heavy atom. The van der Waals surface area contributed by atoms with Crippen LogP contribution in [0.5, 0.6) is 11.5 Å². The van der Waals surface area contributed by atoms with Gasteiger partial charge in [0.15, 0.2) is 0 Å². The lowest BCUT2D eigenvalue weighted by molar-refractivity contribution is 0.472. The molecule has 0 atom stereocenters. The van der Waals surface area contributed by atoms with Crippen LogP contribution in [0.3, 0.4) is 0 Å². The first-order valence-corrected chi connectivity index (χ1v) is 13.1. The molecule has 0 bridgehead atoms. The summed E-state index contributed by atoms with van der Waals surface area (Å²) in [4.78, 5) is 0. The second kappa shape index (κ2) is 9.04. The van der Waals surface area contributed by atoms with Gasteiger partial charge >= 0.3 is 0 Å². The quantitative estimate of drug-likeness (QED) is 0.252. The van der Waals surface area contributed by atoms with E-state index < -0.39 is 5.41 Å². The van der Waals surface area contributed by atoms with E-state index in [2.05, 4.69) is 72.8 Å². The van der Waals surface area contributed by atoms with Gasteiger partial charge in [0, 0.05) is 0 Å². The van der Waals surface area contributed by atoms with E-state index in [-0.39, 0.29) is 11.5 Å². The van der Waals surface area contributed by atoms with Gasteiger partial charge in [-0.15, -0.1) is 0 Å². The minimum atomic E-state index is -0.805. The van der Waals surface area contributed by atoms with E-state index in [4.69, 9.17) is 0 Å². The maximum absolute atomic E-state index is 11.0. The number of aromatic hydroxyl groups is 2. The molecule has 1 aliphatic carbocycles. The van der Waals surface area contributed by atoms with Gasteiger partial charge in [-0.05, 0) is 79.9 Å². The van der Waals surface area contributed by atoms with Crippen LogP contribution in [-0.2, 0) is 5.41 Å². The molecule has 0 heterocycles. The van der Waals surface area contributed by atoms with Gasteiger partial charge in [-0.25, -0.2) is 0 Å². The summed E-state index contributed by atoms with van der Waals surface area (Å²) >= 11 is 0. The Balaban J connectivity index is 1.71. The minimum Gasteiger partial charge on any atom is -0.508 e. The first-order chi connectivity index (χ1) is 19.2. The van der Waals surface area contributed by atoms with Crippen molar-refractivity contribution in [2.75, 3.05) is 0 Å². The predicted molar refractivity (Wildman–Crippen MR) is 158 cm³/mol. The standard InChI is InChI=1S/C37H26O2/c38-27-19-21-29(25-11-3-1-4-12-25)35(23-27)37(33-17-9-7-15-31(33)32-16-8-10-18-34(32)37)36-24-28(39)20-22-30(36)26-13-5-2-6-14-26/h1-24,38-39H. The van der Waals surface area contributed by atoms with E-state index in [0.29, 0.717) is 0 Å². The summed E-state index contributed by atoms with van der Waals surface area (Å²) in [5.41, 5.74) is 9.86. The molecule has 2 N–H and O–H groups in total. The van der Waals surface area contributed by atoms with E-state index >= 15 is 0 Å². The second-order valence-electron chi connectivity index (χ2n) is 10.0. The third-order valence-corrected chi connectivity index (χ3v) is 7.94. The smallest absolute Gasteiger partial charge is 0.115 e. The third-order valence-electron chi connectivity index (χ3n) is 7.94. The van der Waals surface area contributed by atoms with Crippen molar-refractivity contribution in [3.63, 3.8) is 0 Å².